The van der Waals surface area contributed by atoms with Crippen molar-refractivity contribution in [1.82, 2.24) is 4.90 Å². The lowest BCUT2D eigenvalue weighted by molar-refractivity contribution is -0.123. The molecule has 0 radical (unpaired) electrons. The highest BCUT2D eigenvalue weighted by molar-refractivity contribution is 8.26. The van der Waals surface area contributed by atoms with Gasteiger partial charge < -0.3 is 4.90 Å². The number of para-hydroxylation sites is 1. The van der Waals surface area contributed by atoms with Crippen LogP contribution in [0.3, 0.4) is 0 Å². The quantitative estimate of drug-likeness (QED) is 0.469. The minimum Gasteiger partial charge on any atom is -0.303 e. The van der Waals surface area contributed by atoms with Gasteiger partial charge in [0.15, 0.2) is 9.84 Å². The smallest absolute Gasteiger partial charge is 0.267 e. The number of benzene rings is 2. The van der Waals surface area contributed by atoms with Crippen LogP contribution in [-0.2, 0) is 26.0 Å². The van der Waals surface area contributed by atoms with E-state index in [9.17, 15) is 18.0 Å². The number of fused-ring (bicyclic) bond motifs is 1. The fourth-order valence-corrected chi connectivity index (χ4v) is 7.64. The Bertz CT molecular complexity index is 1320. The lowest BCUT2D eigenvalue weighted by atomic mass is 10.1. The average Bonchev–Trinajstić information content (AvgIpc) is 3.34. The van der Waals surface area contributed by atoms with E-state index in [4.69, 9.17) is 23.8 Å². The van der Waals surface area contributed by atoms with Gasteiger partial charge in [-0.25, -0.2) is 8.42 Å². The SMILES string of the molecule is O=C1/C(=C2\SC(=S)N([C@H]3CCS(=O)(=O)C3)C2=O)c2ccccc2N1Cc1ccccc1Cl. The number of thioether (sulfide) groups is 1. The Morgan fingerprint density at radius 1 is 1.06 bits per heavy atom. The molecule has 10 heteroatoms. The maximum atomic E-state index is 13.6. The summed E-state index contributed by atoms with van der Waals surface area (Å²) in [6.45, 7) is 0.264. The van der Waals surface area contributed by atoms with Crippen molar-refractivity contribution in [2.45, 2.75) is 19.0 Å². The molecule has 0 bridgehead atoms. The molecular formula is C22H17ClN2O4S3. The predicted molar refractivity (Wildman–Crippen MR) is 130 cm³/mol. The number of hydrogen-bond donors (Lipinski definition) is 0. The fraction of sp³-hybridized carbons (Fsp3) is 0.227. The van der Waals surface area contributed by atoms with Gasteiger partial charge in [0.25, 0.3) is 11.8 Å². The Labute approximate surface area is 200 Å². The molecule has 0 saturated carbocycles. The monoisotopic (exact) mass is 504 g/mol. The van der Waals surface area contributed by atoms with Crippen LogP contribution in [0.1, 0.15) is 17.5 Å². The Morgan fingerprint density at radius 2 is 1.78 bits per heavy atom. The van der Waals surface area contributed by atoms with Gasteiger partial charge in [0.1, 0.15) is 4.32 Å². The first-order chi connectivity index (χ1) is 15.3. The molecule has 3 aliphatic heterocycles. The van der Waals surface area contributed by atoms with Gasteiger partial charge >= 0.3 is 0 Å². The number of thiocarbonyl (C=S) groups is 1. The molecule has 0 aliphatic carbocycles. The van der Waals surface area contributed by atoms with Crippen molar-refractivity contribution in [3.05, 3.63) is 69.6 Å². The van der Waals surface area contributed by atoms with Crippen molar-refractivity contribution in [2.75, 3.05) is 16.4 Å². The summed E-state index contributed by atoms with van der Waals surface area (Å²) in [7, 11) is -3.19. The zero-order chi connectivity index (χ0) is 22.6. The summed E-state index contributed by atoms with van der Waals surface area (Å²) in [5.74, 6) is -0.773. The van der Waals surface area contributed by atoms with Gasteiger partial charge in [0.05, 0.1) is 40.3 Å². The van der Waals surface area contributed by atoms with E-state index in [1.54, 1.807) is 11.0 Å². The molecule has 0 aromatic heterocycles. The van der Waals surface area contributed by atoms with Crippen molar-refractivity contribution in [1.29, 1.82) is 0 Å². The minimum absolute atomic E-state index is 0.0357. The van der Waals surface area contributed by atoms with Crippen molar-refractivity contribution < 1.29 is 18.0 Å². The summed E-state index contributed by atoms with van der Waals surface area (Å²) < 4.78 is 24.2. The van der Waals surface area contributed by atoms with E-state index < -0.39 is 21.8 Å². The zero-order valence-electron chi connectivity index (χ0n) is 16.7. The predicted octanol–water partition coefficient (Wildman–Crippen LogP) is 3.65. The van der Waals surface area contributed by atoms with Gasteiger partial charge in [-0.2, -0.15) is 0 Å². The lowest BCUT2D eigenvalue weighted by Gasteiger charge is -2.21. The molecule has 2 aromatic carbocycles. The van der Waals surface area contributed by atoms with E-state index in [1.807, 2.05) is 42.5 Å². The van der Waals surface area contributed by atoms with Crippen molar-refractivity contribution in [3.8, 4) is 0 Å². The van der Waals surface area contributed by atoms with Crippen LogP contribution in [0.2, 0.25) is 5.02 Å². The normalized spacial score (nSPS) is 24.5. The summed E-state index contributed by atoms with van der Waals surface area (Å²) in [5, 5.41) is 0.556. The highest BCUT2D eigenvalue weighted by Crippen LogP contribution is 2.46. The highest BCUT2D eigenvalue weighted by atomic mass is 35.5. The van der Waals surface area contributed by atoms with Gasteiger partial charge in [-0.15, -0.1) is 0 Å². The third-order valence-corrected chi connectivity index (χ3v) is 9.33. The van der Waals surface area contributed by atoms with Crippen LogP contribution in [-0.4, -0.2) is 47.0 Å². The molecule has 2 fully saturated rings. The largest absolute Gasteiger partial charge is 0.303 e. The molecule has 5 rings (SSSR count). The van der Waals surface area contributed by atoms with Crippen LogP contribution in [0.25, 0.3) is 5.57 Å². The molecule has 2 saturated heterocycles. The summed E-state index contributed by atoms with van der Waals surface area (Å²) in [4.78, 5) is 30.1. The van der Waals surface area contributed by atoms with Gasteiger partial charge in [-0.3, -0.25) is 14.5 Å². The number of nitrogens with zero attached hydrogens (tertiary/aromatic N) is 2. The second kappa shape index (κ2) is 7.98. The van der Waals surface area contributed by atoms with Gasteiger partial charge in [0, 0.05) is 10.6 Å². The fourth-order valence-electron chi connectivity index (χ4n) is 4.28. The van der Waals surface area contributed by atoms with Crippen molar-refractivity contribution in [2.24, 2.45) is 0 Å². The number of amides is 2. The van der Waals surface area contributed by atoms with Crippen molar-refractivity contribution in [3.63, 3.8) is 0 Å². The molecule has 2 aromatic rings. The number of carbonyl (C=O) groups excluding carboxylic acids is 2. The Morgan fingerprint density at radius 3 is 2.50 bits per heavy atom. The molecule has 164 valence electrons. The maximum Gasteiger partial charge on any atom is 0.267 e. The van der Waals surface area contributed by atoms with Crippen LogP contribution in [0.5, 0.6) is 0 Å². The molecule has 3 aliphatic rings. The summed E-state index contributed by atoms with van der Waals surface area (Å²) >= 11 is 12.8. The van der Waals surface area contributed by atoms with E-state index >= 15 is 0 Å². The molecule has 2 amide bonds. The molecule has 0 unspecified atom stereocenters. The van der Waals surface area contributed by atoms with Gasteiger partial charge in [-0.05, 0) is 24.1 Å². The third-order valence-electron chi connectivity index (χ3n) is 5.81. The first kappa shape index (κ1) is 21.6. The van der Waals surface area contributed by atoms with Crippen molar-refractivity contribution >= 4 is 72.8 Å². The molecule has 3 heterocycles. The first-order valence-electron chi connectivity index (χ1n) is 9.91. The number of rotatable bonds is 3. The standard InChI is InChI=1S/C22H17ClN2O4S3/c23-16-7-3-1-5-13(16)11-24-17-8-4-2-6-15(17)18(20(24)26)19-21(27)25(22(30)31-19)14-9-10-32(28,29)12-14/h1-8,14H,9-12H2/b19-18-/t14-/m0/s1. The molecule has 1 atom stereocenters. The van der Waals surface area contributed by atoms with Gasteiger partial charge in [0.2, 0.25) is 0 Å². The number of anilines is 1. The Balaban J connectivity index is 1.55. The van der Waals surface area contributed by atoms with Crippen LogP contribution < -0.4 is 4.90 Å². The van der Waals surface area contributed by atoms with E-state index in [1.165, 1.54) is 4.90 Å². The van der Waals surface area contributed by atoms with Crippen LogP contribution in [0, 0.1) is 0 Å². The second-order valence-electron chi connectivity index (χ2n) is 7.80. The third kappa shape index (κ3) is 3.57. The Hall–Kier alpha value is -2.20. The Kier molecular flexibility index (Phi) is 5.40. The average molecular weight is 505 g/mol. The van der Waals surface area contributed by atoms with E-state index in [2.05, 4.69) is 0 Å². The van der Waals surface area contributed by atoms with Crippen LogP contribution in [0.15, 0.2) is 53.4 Å². The maximum absolute atomic E-state index is 13.6. The first-order valence-corrected chi connectivity index (χ1v) is 13.3. The van der Waals surface area contributed by atoms with E-state index in [0.717, 1.165) is 17.3 Å². The van der Waals surface area contributed by atoms with Gasteiger partial charge in [-0.1, -0.05) is 72.0 Å². The zero-order valence-corrected chi connectivity index (χ0v) is 19.9. The van der Waals surface area contributed by atoms with Crippen LogP contribution >= 0.6 is 35.6 Å². The lowest BCUT2D eigenvalue weighted by Crippen LogP contribution is -2.39. The summed E-state index contributed by atoms with van der Waals surface area (Å²) in [6, 6.07) is 14.1. The number of halogens is 1. The topological polar surface area (TPSA) is 74.8 Å². The number of carbonyl (C=O) groups is 2. The molecule has 6 nitrogen and oxygen atoms in total. The number of sulfone groups is 1. The van der Waals surface area contributed by atoms with E-state index in [-0.39, 0.29) is 33.2 Å². The highest BCUT2D eigenvalue weighted by Gasteiger charge is 2.46. The minimum atomic E-state index is -3.19. The molecular weight excluding hydrogens is 488 g/mol. The summed E-state index contributed by atoms with van der Waals surface area (Å²) in [5.41, 5.74) is 2.45. The van der Waals surface area contributed by atoms with Crippen LogP contribution in [0.4, 0.5) is 5.69 Å². The molecule has 0 spiro atoms. The number of hydrogen-bond acceptors (Lipinski definition) is 6. The van der Waals surface area contributed by atoms with E-state index in [0.29, 0.717) is 28.3 Å². The molecule has 0 N–H and O–H groups in total. The summed E-state index contributed by atoms with van der Waals surface area (Å²) in [6.07, 6.45) is 0.348. The second-order valence-corrected chi connectivity index (χ2v) is 12.1. The molecule has 32 heavy (non-hydrogen) atoms.